The Balaban J connectivity index is 1.58. The fourth-order valence-electron chi connectivity index (χ4n) is 4.14. The van der Waals surface area contributed by atoms with Gasteiger partial charge in [0, 0.05) is 10.4 Å². The minimum atomic E-state index is -2.82. The fraction of sp³-hybridized carbons (Fsp3) is 0.217. The van der Waals surface area contributed by atoms with E-state index in [-0.39, 0.29) is 16.9 Å². The van der Waals surface area contributed by atoms with Crippen molar-refractivity contribution in [1.82, 2.24) is 14.6 Å². The van der Waals surface area contributed by atoms with E-state index in [0.717, 1.165) is 40.6 Å². The smallest absolute Gasteiger partial charge is 0.280 e. The molecule has 33 heavy (non-hydrogen) atoms. The van der Waals surface area contributed by atoms with Crippen LogP contribution in [0.1, 0.15) is 56.1 Å². The number of nitrogens with zero attached hydrogens (tertiary/aromatic N) is 3. The van der Waals surface area contributed by atoms with Gasteiger partial charge in [-0.05, 0) is 37.3 Å². The number of amides is 2. The molecular formula is C23H19F2N5O2S. The van der Waals surface area contributed by atoms with Crippen molar-refractivity contribution < 1.29 is 18.4 Å². The highest BCUT2D eigenvalue weighted by Crippen LogP contribution is 2.38. The molecule has 0 atom stereocenters. The first kappa shape index (κ1) is 21.2. The first-order valence-electron chi connectivity index (χ1n) is 10.4. The number of nitrogens with two attached hydrogens (primary N) is 1. The highest BCUT2D eigenvalue weighted by atomic mass is 32.1. The van der Waals surface area contributed by atoms with E-state index in [1.807, 2.05) is 6.07 Å². The van der Waals surface area contributed by atoms with E-state index in [1.165, 1.54) is 23.6 Å². The van der Waals surface area contributed by atoms with Gasteiger partial charge in [0.05, 0.1) is 17.5 Å². The molecule has 0 saturated carbocycles. The Hall–Kier alpha value is -3.66. The standard InChI is InChI=1S/C23H19F2N5O2S/c24-19(25)16-10-15(12-6-2-1-3-7-12)28-21-14(11-27-30(16)21)22(32)29-23-18(20(26)31)13-8-4-5-9-17(13)33-23/h1-3,6-7,10-11,19H,4-5,8-9H2,(H2,26,31)(H,29,32). The third kappa shape index (κ3) is 3.76. The summed E-state index contributed by atoms with van der Waals surface area (Å²) in [5, 5.41) is 7.10. The average Bonchev–Trinajstić information content (AvgIpc) is 3.40. The number of carbonyl (C=O) groups is 2. The van der Waals surface area contributed by atoms with Gasteiger partial charge >= 0.3 is 0 Å². The molecule has 3 aromatic heterocycles. The van der Waals surface area contributed by atoms with Crippen molar-refractivity contribution in [1.29, 1.82) is 0 Å². The number of primary amides is 1. The van der Waals surface area contributed by atoms with Gasteiger partial charge in [0.25, 0.3) is 18.2 Å². The molecule has 168 valence electrons. The van der Waals surface area contributed by atoms with Gasteiger partial charge in [-0.1, -0.05) is 30.3 Å². The van der Waals surface area contributed by atoms with E-state index < -0.39 is 18.2 Å². The number of carbonyl (C=O) groups excluding carboxylic acids is 2. The van der Waals surface area contributed by atoms with E-state index in [0.29, 0.717) is 21.8 Å². The number of anilines is 1. The second kappa shape index (κ2) is 8.36. The maximum Gasteiger partial charge on any atom is 0.280 e. The lowest BCUT2D eigenvalue weighted by Gasteiger charge is -2.11. The number of nitrogens with one attached hydrogen (secondary N) is 1. The minimum Gasteiger partial charge on any atom is -0.365 e. The molecule has 4 aromatic rings. The second-order valence-corrected chi connectivity index (χ2v) is 8.87. The Morgan fingerprint density at radius 3 is 2.64 bits per heavy atom. The third-order valence-corrected chi connectivity index (χ3v) is 6.89. The van der Waals surface area contributed by atoms with Crippen molar-refractivity contribution in [3.63, 3.8) is 0 Å². The van der Waals surface area contributed by atoms with Crippen molar-refractivity contribution in [3.05, 3.63) is 69.9 Å². The third-order valence-electron chi connectivity index (χ3n) is 5.68. The zero-order chi connectivity index (χ0) is 23.1. The molecule has 10 heteroatoms. The molecule has 0 saturated heterocycles. The Morgan fingerprint density at radius 1 is 1.15 bits per heavy atom. The van der Waals surface area contributed by atoms with Crippen LogP contribution in [0, 0.1) is 0 Å². The van der Waals surface area contributed by atoms with Gasteiger partial charge < -0.3 is 11.1 Å². The van der Waals surface area contributed by atoms with Crippen molar-refractivity contribution in [3.8, 4) is 11.3 Å². The number of rotatable bonds is 5. The molecule has 0 fully saturated rings. The SMILES string of the molecule is NC(=O)c1c(NC(=O)c2cnn3c(C(F)F)cc(-c4ccccc4)nc23)sc2c1CCCC2. The summed E-state index contributed by atoms with van der Waals surface area (Å²) >= 11 is 1.33. The van der Waals surface area contributed by atoms with Crippen LogP contribution in [0.25, 0.3) is 16.9 Å². The van der Waals surface area contributed by atoms with Crippen LogP contribution in [0.15, 0.2) is 42.6 Å². The number of aromatic nitrogens is 3. The van der Waals surface area contributed by atoms with Gasteiger partial charge in [0.2, 0.25) is 0 Å². The first-order valence-corrected chi connectivity index (χ1v) is 11.2. The van der Waals surface area contributed by atoms with E-state index in [2.05, 4.69) is 15.4 Å². The summed E-state index contributed by atoms with van der Waals surface area (Å²) in [6.45, 7) is 0. The Morgan fingerprint density at radius 2 is 1.91 bits per heavy atom. The van der Waals surface area contributed by atoms with Crippen molar-refractivity contribution >= 4 is 33.8 Å². The zero-order valence-corrected chi connectivity index (χ0v) is 18.2. The normalized spacial score (nSPS) is 13.3. The highest BCUT2D eigenvalue weighted by Gasteiger charge is 2.27. The first-order chi connectivity index (χ1) is 15.9. The number of halogens is 2. The highest BCUT2D eigenvalue weighted by molar-refractivity contribution is 7.17. The number of aryl methyl sites for hydroxylation is 1. The predicted molar refractivity (Wildman–Crippen MR) is 121 cm³/mol. The molecule has 5 rings (SSSR count). The fourth-order valence-corrected chi connectivity index (χ4v) is 5.43. The summed E-state index contributed by atoms with van der Waals surface area (Å²) in [5.74, 6) is -1.20. The molecule has 0 spiro atoms. The molecule has 1 aliphatic carbocycles. The summed E-state index contributed by atoms with van der Waals surface area (Å²) in [5.41, 5.74) is 7.42. The van der Waals surface area contributed by atoms with E-state index in [1.54, 1.807) is 24.3 Å². The molecule has 1 aromatic carbocycles. The number of hydrogen-bond acceptors (Lipinski definition) is 5. The van der Waals surface area contributed by atoms with Gasteiger partial charge in [-0.2, -0.15) is 5.10 Å². The largest absolute Gasteiger partial charge is 0.365 e. The van der Waals surface area contributed by atoms with Crippen LogP contribution in [-0.2, 0) is 12.8 Å². The van der Waals surface area contributed by atoms with Crippen molar-refractivity contribution in [2.75, 3.05) is 5.32 Å². The lowest BCUT2D eigenvalue weighted by molar-refractivity contribution is 0.100. The number of thiophene rings is 1. The summed E-state index contributed by atoms with van der Waals surface area (Å²) in [7, 11) is 0. The minimum absolute atomic E-state index is 0.00565. The number of benzene rings is 1. The van der Waals surface area contributed by atoms with Gasteiger partial charge in [-0.25, -0.2) is 18.3 Å². The molecule has 3 N–H and O–H groups in total. The van der Waals surface area contributed by atoms with Crippen molar-refractivity contribution in [2.45, 2.75) is 32.1 Å². The number of fused-ring (bicyclic) bond motifs is 2. The topological polar surface area (TPSA) is 102 Å². The molecule has 3 heterocycles. The Labute approximate surface area is 191 Å². The zero-order valence-electron chi connectivity index (χ0n) is 17.3. The summed E-state index contributed by atoms with van der Waals surface area (Å²) < 4.78 is 28.5. The van der Waals surface area contributed by atoms with Gasteiger partial charge in [-0.15, -0.1) is 11.3 Å². The van der Waals surface area contributed by atoms with Crippen molar-refractivity contribution in [2.24, 2.45) is 5.73 Å². The quantitative estimate of drug-likeness (QED) is 0.447. The molecule has 0 aliphatic heterocycles. The predicted octanol–water partition coefficient (Wildman–Crippen LogP) is 4.63. The van der Waals surface area contributed by atoms with Gasteiger partial charge in [0.15, 0.2) is 5.65 Å². The summed E-state index contributed by atoms with van der Waals surface area (Å²) in [6, 6.07) is 10.1. The number of hydrogen-bond donors (Lipinski definition) is 2. The molecule has 7 nitrogen and oxygen atoms in total. The molecule has 0 radical (unpaired) electrons. The van der Waals surface area contributed by atoms with Gasteiger partial charge in [-0.3, -0.25) is 9.59 Å². The second-order valence-electron chi connectivity index (χ2n) is 7.76. The van der Waals surface area contributed by atoms with E-state index >= 15 is 0 Å². The van der Waals surface area contributed by atoms with Crippen LogP contribution in [-0.4, -0.2) is 26.4 Å². The monoisotopic (exact) mass is 467 g/mol. The average molecular weight is 468 g/mol. The molecule has 0 bridgehead atoms. The Kier molecular flexibility index (Phi) is 5.37. The molecule has 2 amide bonds. The lowest BCUT2D eigenvalue weighted by Crippen LogP contribution is -2.18. The van der Waals surface area contributed by atoms with E-state index in [9.17, 15) is 18.4 Å². The molecular weight excluding hydrogens is 448 g/mol. The van der Waals surface area contributed by atoms with Crippen LogP contribution in [0.4, 0.5) is 13.8 Å². The van der Waals surface area contributed by atoms with Crippen LogP contribution >= 0.6 is 11.3 Å². The summed E-state index contributed by atoms with van der Waals surface area (Å²) in [4.78, 5) is 30.8. The molecule has 0 unspecified atom stereocenters. The Bertz CT molecular complexity index is 1380. The van der Waals surface area contributed by atoms with Crippen LogP contribution < -0.4 is 11.1 Å². The van der Waals surface area contributed by atoms with Crippen LogP contribution in [0.5, 0.6) is 0 Å². The maximum absolute atomic E-state index is 13.8. The van der Waals surface area contributed by atoms with E-state index in [4.69, 9.17) is 5.73 Å². The summed E-state index contributed by atoms with van der Waals surface area (Å²) in [6.07, 6.45) is 1.90. The van der Waals surface area contributed by atoms with Gasteiger partial charge in [0.1, 0.15) is 16.3 Å². The molecule has 1 aliphatic rings. The number of alkyl halides is 2. The lowest BCUT2D eigenvalue weighted by atomic mass is 9.95. The van der Waals surface area contributed by atoms with Crippen LogP contribution in [0.2, 0.25) is 0 Å². The van der Waals surface area contributed by atoms with Crippen LogP contribution in [0.3, 0.4) is 0 Å². The maximum atomic E-state index is 13.8.